The second kappa shape index (κ2) is 9.43. The maximum absolute atomic E-state index is 12.9. The summed E-state index contributed by atoms with van der Waals surface area (Å²) in [5.41, 5.74) is 1.46. The number of methoxy groups -OCH3 is 2. The Balaban J connectivity index is 1.46. The Labute approximate surface area is 196 Å². The number of aromatic nitrogens is 2. The van der Waals surface area contributed by atoms with Crippen molar-refractivity contribution in [2.75, 3.05) is 45.3 Å². The van der Waals surface area contributed by atoms with E-state index in [1.165, 1.54) is 4.31 Å². The molecule has 4 rings (SSSR count). The van der Waals surface area contributed by atoms with Crippen molar-refractivity contribution in [1.82, 2.24) is 14.5 Å². The monoisotopic (exact) mass is 518 g/mol. The van der Waals surface area contributed by atoms with Crippen LogP contribution in [0.25, 0.3) is 11.3 Å². The third kappa shape index (κ3) is 4.57. The lowest BCUT2D eigenvalue weighted by Crippen LogP contribution is -2.48. The van der Waals surface area contributed by atoms with E-state index in [1.54, 1.807) is 38.5 Å². The van der Waals surface area contributed by atoms with E-state index in [4.69, 9.17) is 9.47 Å². The van der Waals surface area contributed by atoms with Crippen LogP contribution in [0.3, 0.4) is 0 Å². The van der Waals surface area contributed by atoms with Gasteiger partial charge in [0.15, 0.2) is 5.82 Å². The first kappa shape index (κ1) is 22.5. The van der Waals surface area contributed by atoms with Gasteiger partial charge in [-0.3, -0.25) is 0 Å². The van der Waals surface area contributed by atoms with Gasteiger partial charge in [0, 0.05) is 36.2 Å². The third-order valence-electron chi connectivity index (χ3n) is 5.35. The lowest BCUT2D eigenvalue weighted by Gasteiger charge is -2.34. The Morgan fingerprint density at radius 3 is 2.19 bits per heavy atom. The smallest absolute Gasteiger partial charge is 0.243 e. The molecule has 2 heterocycles. The number of hydrogen-bond donors (Lipinski definition) is 0. The van der Waals surface area contributed by atoms with Crippen molar-refractivity contribution in [2.45, 2.75) is 4.90 Å². The van der Waals surface area contributed by atoms with Crippen LogP contribution < -0.4 is 14.4 Å². The van der Waals surface area contributed by atoms with Gasteiger partial charge in [-0.15, -0.1) is 10.2 Å². The van der Waals surface area contributed by atoms with Gasteiger partial charge in [0.2, 0.25) is 10.0 Å². The number of piperazine rings is 1. The summed E-state index contributed by atoms with van der Waals surface area (Å²) >= 11 is 3.34. The first-order valence-electron chi connectivity index (χ1n) is 9.99. The standard InChI is InChI=1S/C22H23BrN4O4S/c1-30-17-5-9-21(31-2)19(15-17)20-8-10-22(25-24-20)26-11-13-27(14-12-26)32(28,29)18-6-3-16(23)4-7-18/h3-10,15H,11-14H2,1-2H3. The highest BCUT2D eigenvalue weighted by Crippen LogP contribution is 2.32. The Hall–Kier alpha value is -2.69. The molecule has 0 unspecified atom stereocenters. The van der Waals surface area contributed by atoms with E-state index in [-0.39, 0.29) is 0 Å². The summed E-state index contributed by atoms with van der Waals surface area (Å²) in [6.45, 7) is 1.83. The average molecular weight is 519 g/mol. The number of nitrogens with zero attached hydrogens (tertiary/aromatic N) is 4. The number of benzene rings is 2. The van der Waals surface area contributed by atoms with Crippen molar-refractivity contribution >= 4 is 31.8 Å². The zero-order chi connectivity index (χ0) is 22.7. The molecule has 1 aliphatic rings. The van der Waals surface area contributed by atoms with Crippen molar-refractivity contribution in [2.24, 2.45) is 0 Å². The molecule has 8 nitrogen and oxygen atoms in total. The fourth-order valence-corrected chi connectivity index (χ4v) is 5.25. The van der Waals surface area contributed by atoms with Crippen LogP contribution in [0.5, 0.6) is 11.5 Å². The predicted octanol–water partition coefficient (Wildman–Crippen LogP) is 3.43. The molecule has 0 amide bonds. The van der Waals surface area contributed by atoms with Crippen LogP contribution in [0, 0.1) is 0 Å². The molecule has 32 heavy (non-hydrogen) atoms. The van der Waals surface area contributed by atoms with Gasteiger partial charge in [0.1, 0.15) is 11.5 Å². The maximum atomic E-state index is 12.9. The molecule has 0 bridgehead atoms. The zero-order valence-electron chi connectivity index (χ0n) is 17.7. The molecule has 2 aromatic carbocycles. The lowest BCUT2D eigenvalue weighted by atomic mass is 10.1. The molecule has 1 fully saturated rings. The lowest BCUT2D eigenvalue weighted by molar-refractivity contribution is 0.383. The number of anilines is 1. The molecule has 0 N–H and O–H groups in total. The maximum Gasteiger partial charge on any atom is 0.243 e. The summed E-state index contributed by atoms with van der Waals surface area (Å²) in [5.74, 6) is 2.09. The molecule has 0 radical (unpaired) electrons. The van der Waals surface area contributed by atoms with Crippen molar-refractivity contribution < 1.29 is 17.9 Å². The first-order valence-corrected chi connectivity index (χ1v) is 12.2. The molecule has 1 aliphatic heterocycles. The van der Waals surface area contributed by atoms with Crippen LogP contribution in [0.15, 0.2) is 64.0 Å². The quantitative estimate of drug-likeness (QED) is 0.494. The summed E-state index contributed by atoms with van der Waals surface area (Å²) in [7, 11) is -0.303. The molecule has 168 valence electrons. The summed E-state index contributed by atoms with van der Waals surface area (Å²) < 4.78 is 38.9. The Morgan fingerprint density at radius 1 is 0.875 bits per heavy atom. The largest absolute Gasteiger partial charge is 0.497 e. The average Bonchev–Trinajstić information content (AvgIpc) is 2.84. The molecule has 0 atom stereocenters. The van der Waals surface area contributed by atoms with E-state index in [0.29, 0.717) is 54.1 Å². The minimum atomic E-state index is -3.52. The van der Waals surface area contributed by atoms with Crippen LogP contribution >= 0.6 is 15.9 Å². The minimum absolute atomic E-state index is 0.297. The summed E-state index contributed by atoms with van der Waals surface area (Å²) in [6.07, 6.45) is 0. The Kier molecular flexibility index (Phi) is 6.63. The van der Waals surface area contributed by atoms with Gasteiger partial charge >= 0.3 is 0 Å². The van der Waals surface area contributed by atoms with Crippen molar-refractivity contribution in [1.29, 1.82) is 0 Å². The number of rotatable bonds is 6. The topological polar surface area (TPSA) is 84.9 Å². The van der Waals surface area contributed by atoms with E-state index < -0.39 is 10.0 Å². The molecule has 0 aliphatic carbocycles. The van der Waals surface area contributed by atoms with Crippen LogP contribution in [0.4, 0.5) is 5.82 Å². The predicted molar refractivity (Wildman–Crippen MR) is 126 cm³/mol. The zero-order valence-corrected chi connectivity index (χ0v) is 20.1. The molecular weight excluding hydrogens is 496 g/mol. The Morgan fingerprint density at radius 2 is 1.59 bits per heavy atom. The normalized spacial score (nSPS) is 14.9. The highest BCUT2D eigenvalue weighted by atomic mass is 79.9. The van der Waals surface area contributed by atoms with Gasteiger partial charge in [-0.05, 0) is 54.6 Å². The van der Waals surface area contributed by atoms with Gasteiger partial charge < -0.3 is 14.4 Å². The summed E-state index contributed by atoms with van der Waals surface area (Å²) in [4.78, 5) is 2.33. The highest BCUT2D eigenvalue weighted by molar-refractivity contribution is 9.10. The van der Waals surface area contributed by atoms with Gasteiger partial charge in [-0.2, -0.15) is 4.31 Å². The fraction of sp³-hybridized carbons (Fsp3) is 0.273. The number of hydrogen-bond acceptors (Lipinski definition) is 7. The SMILES string of the molecule is COc1ccc(OC)c(-c2ccc(N3CCN(S(=O)(=O)c4ccc(Br)cc4)CC3)nn2)c1. The minimum Gasteiger partial charge on any atom is -0.497 e. The van der Waals surface area contributed by atoms with Crippen LogP contribution in [-0.2, 0) is 10.0 Å². The van der Waals surface area contributed by atoms with Crippen molar-refractivity contribution in [3.8, 4) is 22.8 Å². The molecule has 1 aromatic heterocycles. The molecule has 0 saturated carbocycles. The van der Waals surface area contributed by atoms with E-state index in [2.05, 4.69) is 26.1 Å². The molecular formula is C22H23BrN4O4S. The van der Waals surface area contributed by atoms with Crippen molar-refractivity contribution in [3.63, 3.8) is 0 Å². The summed E-state index contributed by atoms with van der Waals surface area (Å²) in [5, 5.41) is 8.74. The first-order chi connectivity index (χ1) is 15.4. The number of ether oxygens (including phenoxy) is 2. The van der Waals surface area contributed by atoms with E-state index in [0.717, 1.165) is 10.0 Å². The second-order valence-corrected chi connectivity index (χ2v) is 10.0. The Bertz CT molecular complexity index is 1180. The third-order valence-corrected chi connectivity index (χ3v) is 7.79. The molecule has 1 saturated heterocycles. The highest BCUT2D eigenvalue weighted by Gasteiger charge is 2.29. The van der Waals surface area contributed by atoms with Gasteiger partial charge in [0.25, 0.3) is 0 Å². The van der Waals surface area contributed by atoms with Crippen LogP contribution in [0.1, 0.15) is 0 Å². The van der Waals surface area contributed by atoms with Gasteiger partial charge in [-0.1, -0.05) is 15.9 Å². The molecule has 0 spiro atoms. The van der Waals surface area contributed by atoms with Crippen LogP contribution in [0.2, 0.25) is 0 Å². The summed E-state index contributed by atoms with van der Waals surface area (Å²) in [6, 6.07) is 16.0. The van der Waals surface area contributed by atoms with Gasteiger partial charge in [0.05, 0.1) is 24.8 Å². The second-order valence-electron chi connectivity index (χ2n) is 7.19. The fourth-order valence-electron chi connectivity index (χ4n) is 3.56. The molecule has 3 aromatic rings. The van der Waals surface area contributed by atoms with E-state index >= 15 is 0 Å². The van der Waals surface area contributed by atoms with Gasteiger partial charge in [-0.25, -0.2) is 8.42 Å². The van der Waals surface area contributed by atoms with E-state index in [9.17, 15) is 8.42 Å². The van der Waals surface area contributed by atoms with E-state index in [1.807, 2.05) is 35.2 Å². The number of halogens is 1. The van der Waals surface area contributed by atoms with Crippen molar-refractivity contribution in [3.05, 3.63) is 59.1 Å². The number of sulfonamides is 1. The van der Waals surface area contributed by atoms with Crippen LogP contribution in [-0.4, -0.2) is 63.3 Å². The molecule has 10 heteroatoms.